The van der Waals surface area contributed by atoms with Crippen LogP contribution in [-0.4, -0.2) is 31.2 Å². The van der Waals surface area contributed by atoms with Gasteiger partial charge in [0, 0.05) is 13.8 Å². The van der Waals surface area contributed by atoms with Crippen LogP contribution in [0, 0.1) is 0 Å². The third kappa shape index (κ3) is 4.52. The van der Waals surface area contributed by atoms with Crippen molar-refractivity contribution in [2.45, 2.75) is 19.1 Å². The fraction of sp³-hybridized carbons (Fsp3) is 0.250. The average Bonchev–Trinajstić information content (AvgIpc) is 2.31. The van der Waals surface area contributed by atoms with Gasteiger partial charge in [0.1, 0.15) is 0 Å². The van der Waals surface area contributed by atoms with E-state index in [1.54, 1.807) is 0 Å². The Morgan fingerprint density at radius 1 is 1.23 bits per heavy atom. The van der Waals surface area contributed by atoms with E-state index in [0.29, 0.717) is 0 Å². The van der Waals surface area contributed by atoms with Gasteiger partial charge in [-0.1, -0.05) is 11.6 Å². The highest BCUT2D eigenvalue weighted by atomic mass is 35.5. The van der Waals surface area contributed by atoms with E-state index < -0.39 is 27.3 Å². The summed E-state index contributed by atoms with van der Waals surface area (Å²) in [5.74, 6) is -2.28. The zero-order valence-electron chi connectivity index (χ0n) is 11.3. The van der Waals surface area contributed by atoms with E-state index in [4.69, 9.17) is 25.6 Å². The number of halogens is 1. The summed E-state index contributed by atoms with van der Waals surface area (Å²) in [4.78, 5) is 32.8. The molecule has 0 heterocycles. The molecule has 1 radical (unpaired) electrons. The Balaban J connectivity index is 3.52. The molecule has 0 aromatic heterocycles. The molecule has 0 saturated carbocycles. The molecule has 119 valence electrons. The zero-order valence-corrected chi connectivity index (χ0v) is 12.9. The van der Waals surface area contributed by atoms with Crippen molar-refractivity contribution in [3.05, 3.63) is 22.7 Å². The molecule has 0 aliphatic rings. The van der Waals surface area contributed by atoms with Crippen LogP contribution in [-0.2, 0) is 24.5 Å². The molecule has 0 amide bonds. The van der Waals surface area contributed by atoms with Crippen molar-refractivity contribution >= 4 is 39.9 Å². The predicted molar refractivity (Wildman–Crippen MR) is 74.1 cm³/mol. The molecule has 0 fully saturated rings. The van der Waals surface area contributed by atoms with Gasteiger partial charge in [0.05, 0.1) is 5.02 Å². The lowest BCUT2D eigenvalue weighted by molar-refractivity contribution is -0.134. The van der Waals surface area contributed by atoms with Crippen molar-refractivity contribution < 1.29 is 36.8 Å². The second-order valence-corrected chi connectivity index (χ2v) is 5.94. The van der Waals surface area contributed by atoms with Gasteiger partial charge in [-0.2, -0.15) is 8.42 Å². The minimum atomic E-state index is -4.80. The third-order valence-corrected chi connectivity index (χ3v) is 3.48. The molecule has 10 heteroatoms. The van der Waals surface area contributed by atoms with E-state index in [-0.39, 0.29) is 22.1 Å². The van der Waals surface area contributed by atoms with Crippen molar-refractivity contribution in [2.75, 3.05) is 0 Å². The van der Waals surface area contributed by atoms with Crippen LogP contribution in [0.3, 0.4) is 0 Å². The Kier molecular flexibility index (Phi) is 5.64. The van der Waals surface area contributed by atoms with Gasteiger partial charge in [-0.25, -0.2) is 0 Å². The van der Waals surface area contributed by atoms with Crippen LogP contribution in [0.15, 0.2) is 12.1 Å². The standard InChI is InChI=1S/C12H10ClO8S/c1-6(15)20-10-4-8(11(5-14)22(17,18)19)3-9(13)12(10)21-7(2)16/h3-4,11H,1-2H3,(H,17,18,19). The Morgan fingerprint density at radius 2 is 1.77 bits per heavy atom. The topological polar surface area (TPSA) is 124 Å². The summed E-state index contributed by atoms with van der Waals surface area (Å²) < 4.78 is 40.8. The number of carbonyl (C=O) groups excluding carboxylic acids is 3. The largest absolute Gasteiger partial charge is 0.423 e. The monoisotopic (exact) mass is 349 g/mol. The minimum absolute atomic E-state index is 0.298. The van der Waals surface area contributed by atoms with E-state index in [1.807, 2.05) is 0 Å². The molecule has 22 heavy (non-hydrogen) atoms. The zero-order chi connectivity index (χ0) is 17.1. The van der Waals surface area contributed by atoms with Crippen molar-refractivity contribution in [3.63, 3.8) is 0 Å². The van der Waals surface area contributed by atoms with Crippen LogP contribution in [0.5, 0.6) is 11.5 Å². The van der Waals surface area contributed by atoms with Crippen LogP contribution in [0.1, 0.15) is 24.7 Å². The number of benzene rings is 1. The smallest absolute Gasteiger partial charge is 0.308 e. The first kappa shape index (κ1) is 18.1. The minimum Gasteiger partial charge on any atom is -0.423 e. The SMILES string of the molecule is CC(=O)Oc1cc(C([C]=O)S(=O)(=O)O)cc(Cl)c1OC(C)=O. The Bertz CT molecular complexity index is 725. The maximum atomic E-state index is 11.1. The molecule has 0 aliphatic heterocycles. The normalized spacial score (nSPS) is 12.4. The van der Waals surface area contributed by atoms with E-state index in [1.165, 1.54) is 0 Å². The van der Waals surface area contributed by atoms with Crippen molar-refractivity contribution in [2.24, 2.45) is 0 Å². The van der Waals surface area contributed by atoms with Gasteiger partial charge in [-0.3, -0.25) is 18.9 Å². The maximum Gasteiger partial charge on any atom is 0.308 e. The van der Waals surface area contributed by atoms with Crippen LogP contribution >= 0.6 is 11.6 Å². The lowest BCUT2D eigenvalue weighted by Crippen LogP contribution is -2.14. The molecule has 0 bridgehead atoms. The lowest BCUT2D eigenvalue weighted by Gasteiger charge is -2.14. The van der Waals surface area contributed by atoms with Gasteiger partial charge < -0.3 is 9.47 Å². The molecule has 1 aromatic rings. The summed E-state index contributed by atoms with van der Waals surface area (Å²) in [7, 11) is -4.80. The van der Waals surface area contributed by atoms with Gasteiger partial charge in [0.15, 0.2) is 16.7 Å². The molecule has 1 aromatic carbocycles. The van der Waals surface area contributed by atoms with E-state index in [9.17, 15) is 22.8 Å². The second kappa shape index (κ2) is 6.86. The average molecular weight is 350 g/mol. The number of ether oxygens (including phenoxy) is 2. The molecule has 1 atom stereocenters. The van der Waals surface area contributed by atoms with Gasteiger partial charge in [0.25, 0.3) is 10.1 Å². The van der Waals surface area contributed by atoms with Gasteiger partial charge in [-0.05, 0) is 17.7 Å². The molecule has 0 spiro atoms. The Labute approximate surface area is 130 Å². The number of rotatable bonds is 5. The highest BCUT2D eigenvalue weighted by Gasteiger charge is 2.28. The summed E-state index contributed by atoms with van der Waals surface area (Å²) in [5, 5.41) is -2.35. The predicted octanol–water partition coefficient (Wildman–Crippen LogP) is 1.23. The molecular formula is C12H10ClO8S. The molecule has 1 rings (SSSR count). The fourth-order valence-electron chi connectivity index (χ4n) is 1.51. The highest BCUT2D eigenvalue weighted by Crippen LogP contribution is 2.39. The summed E-state index contributed by atoms with van der Waals surface area (Å²) in [6.07, 6.45) is 1.13. The second-order valence-electron chi connectivity index (χ2n) is 4.03. The molecular weight excluding hydrogens is 340 g/mol. The van der Waals surface area contributed by atoms with E-state index in [2.05, 4.69) is 0 Å². The van der Waals surface area contributed by atoms with Crippen LogP contribution in [0.4, 0.5) is 0 Å². The highest BCUT2D eigenvalue weighted by molar-refractivity contribution is 7.86. The molecule has 8 nitrogen and oxygen atoms in total. The molecule has 0 saturated heterocycles. The Morgan fingerprint density at radius 3 is 2.18 bits per heavy atom. The quantitative estimate of drug-likeness (QED) is 0.478. The first-order valence-electron chi connectivity index (χ1n) is 5.60. The first-order chi connectivity index (χ1) is 10.1. The summed E-state index contributed by atoms with van der Waals surface area (Å²) in [6, 6.07) is 1.89. The number of hydrogen-bond acceptors (Lipinski definition) is 7. The number of esters is 2. The number of carbonyl (C=O) groups is 2. The molecule has 1 N–H and O–H groups in total. The van der Waals surface area contributed by atoms with Gasteiger partial charge >= 0.3 is 11.9 Å². The van der Waals surface area contributed by atoms with Crippen LogP contribution < -0.4 is 9.47 Å². The number of hydrogen-bond donors (Lipinski definition) is 1. The van der Waals surface area contributed by atoms with E-state index in [0.717, 1.165) is 32.3 Å². The van der Waals surface area contributed by atoms with Crippen molar-refractivity contribution in [1.82, 2.24) is 0 Å². The van der Waals surface area contributed by atoms with Crippen molar-refractivity contribution in [1.29, 1.82) is 0 Å². The lowest BCUT2D eigenvalue weighted by atomic mass is 10.1. The van der Waals surface area contributed by atoms with E-state index >= 15 is 0 Å². The summed E-state index contributed by atoms with van der Waals surface area (Å²) >= 11 is 5.84. The van der Waals surface area contributed by atoms with Crippen LogP contribution in [0.2, 0.25) is 5.02 Å². The van der Waals surface area contributed by atoms with Crippen molar-refractivity contribution in [3.8, 4) is 11.5 Å². The van der Waals surface area contributed by atoms with Gasteiger partial charge in [-0.15, -0.1) is 0 Å². The maximum absolute atomic E-state index is 11.1. The fourth-order valence-corrected chi connectivity index (χ4v) is 2.37. The van der Waals surface area contributed by atoms with Gasteiger partial charge in [0.2, 0.25) is 6.29 Å². The Hall–Kier alpha value is -1.97. The molecule has 1 unspecified atom stereocenters. The third-order valence-electron chi connectivity index (χ3n) is 2.24. The summed E-state index contributed by atoms with van der Waals surface area (Å²) in [6.45, 7) is 2.12. The van der Waals surface area contributed by atoms with Crippen LogP contribution in [0.25, 0.3) is 0 Å². The molecule has 0 aliphatic carbocycles. The first-order valence-corrected chi connectivity index (χ1v) is 7.48. The summed E-state index contributed by atoms with van der Waals surface area (Å²) in [5.41, 5.74) is -0.311.